The number of piperazine rings is 1. The van der Waals surface area contributed by atoms with E-state index < -0.39 is 84.9 Å². The molecule has 3 aromatic heterocycles. The number of alkyl halides is 3. The van der Waals surface area contributed by atoms with Gasteiger partial charge in [-0.1, -0.05) is 24.3 Å². The van der Waals surface area contributed by atoms with E-state index in [9.17, 15) is 13.2 Å². The maximum atomic E-state index is 17.5. The number of halogens is 4. The zero-order valence-electron chi connectivity index (χ0n) is 35.9. The van der Waals surface area contributed by atoms with Crippen LogP contribution in [0, 0.1) is 12.7 Å². The molecule has 5 aromatic rings. The van der Waals surface area contributed by atoms with Crippen molar-refractivity contribution in [2.75, 3.05) is 36.8 Å². The normalized spacial score (nSPS) is 19.6. The van der Waals surface area contributed by atoms with Gasteiger partial charge in [-0.05, 0) is 88.9 Å². The van der Waals surface area contributed by atoms with Gasteiger partial charge in [0.2, 0.25) is 20.9 Å². The Bertz CT molecular complexity index is 2650. The van der Waals surface area contributed by atoms with E-state index in [0.29, 0.717) is 24.3 Å². The number of aryl methyl sites for hydroxylation is 1. The molecule has 0 unspecified atom stereocenters. The largest absolute Gasteiger partial charge is 0.497 e. The number of nitrogens with zero attached hydrogens (tertiary/aromatic N) is 7. The van der Waals surface area contributed by atoms with Crippen LogP contribution in [0.3, 0.4) is 0 Å². The quantitative estimate of drug-likeness (QED) is 0.104. The number of sulfone groups is 1. The number of anilines is 2. The fourth-order valence-corrected chi connectivity index (χ4v) is 9.36. The molecule has 2 aromatic carbocycles. The maximum absolute atomic E-state index is 17.5. The Morgan fingerprint density at radius 2 is 1.52 bits per heavy atom. The number of aromatic nitrogens is 4. The summed E-state index contributed by atoms with van der Waals surface area (Å²) in [5.74, 6) is -0.345. The number of ether oxygens (including phenoxy) is 4. The first kappa shape index (κ1) is 43.7. The smallest absolute Gasteiger partial charge is 0.418 e. The van der Waals surface area contributed by atoms with E-state index in [4.69, 9.17) is 18.9 Å². The van der Waals surface area contributed by atoms with Crippen LogP contribution in [-0.2, 0) is 33.8 Å². The van der Waals surface area contributed by atoms with Crippen LogP contribution in [0.5, 0.6) is 17.4 Å². The van der Waals surface area contributed by atoms with Gasteiger partial charge in [-0.25, -0.2) is 37.5 Å². The maximum Gasteiger partial charge on any atom is 0.418 e. The third-order valence-corrected chi connectivity index (χ3v) is 12.4. The molecule has 2 saturated heterocycles. The highest BCUT2D eigenvalue weighted by Gasteiger charge is 2.54. The highest BCUT2D eigenvalue weighted by atomic mass is 32.2. The van der Waals surface area contributed by atoms with Crippen molar-refractivity contribution in [3.8, 4) is 28.6 Å². The van der Waals surface area contributed by atoms with Crippen LogP contribution in [0.25, 0.3) is 22.2 Å². The second-order valence-corrected chi connectivity index (χ2v) is 19.0. The van der Waals surface area contributed by atoms with Crippen molar-refractivity contribution in [3.63, 3.8) is 0 Å². The highest BCUT2D eigenvalue weighted by Crippen LogP contribution is 2.48. The van der Waals surface area contributed by atoms with Gasteiger partial charge in [0, 0.05) is 31.5 Å². The van der Waals surface area contributed by atoms with Gasteiger partial charge in [0.05, 0.1) is 43.6 Å². The molecule has 0 radical (unpaired) electrons. The van der Waals surface area contributed by atoms with E-state index >= 15 is 17.6 Å². The minimum absolute atomic E-state index is 0.0173. The minimum Gasteiger partial charge on any atom is -0.497 e. The number of benzene rings is 2. The average Bonchev–Trinajstić information content (AvgIpc) is 3.46. The summed E-state index contributed by atoms with van der Waals surface area (Å²) in [7, 11) is -1.16. The number of hydrogen-bond donors (Lipinski definition) is 0. The summed E-state index contributed by atoms with van der Waals surface area (Å²) in [4.78, 5) is 36.4. The van der Waals surface area contributed by atoms with Gasteiger partial charge in [-0.2, -0.15) is 13.2 Å². The zero-order chi connectivity index (χ0) is 45.3. The van der Waals surface area contributed by atoms with E-state index in [1.807, 2.05) is 24.3 Å². The minimum atomic E-state index is -5.05. The van der Waals surface area contributed by atoms with E-state index in [1.165, 1.54) is 21.1 Å². The third-order valence-electron chi connectivity index (χ3n) is 11.5. The summed E-state index contributed by atoms with van der Waals surface area (Å²) >= 11 is 0. The lowest BCUT2D eigenvalue weighted by molar-refractivity contribution is -0.137. The summed E-state index contributed by atoms with van der Waals surface area (Å²) < 4.78 is 113. The fraction of sp³-hybridized carbons (Fsp3) is 0.432. The number of carbonyl (C=O) groups excluding carboxylic acids is 1. The number of methoxy groups -OCH3 is 2. The number of rotatable bonds is 9. The second-order valence-electron chi connectivity index (χ2n) is 17.1. The van der Waals surface area contributed by atoms with Crippen LogP contribution >= 0.6 is 0 Å². The van der Waals surface area contributed by atoms with Gasteiger partial charge in [-0.15, -0.1) is 0 Å². The van der Waals surface area contributed by atoms with Gasteiger partial charge in [0.1, 0.15) is 51.4 Å². The molecule has 6 heterocycles. The molecule has 63 heavy (non-hydrogen) atoms. The van der Waals surface area contributed by atoms with Gasteiger partial charge < -0.3 is 28.7 Å². The molecule has 0 aliphatic carbocycles. The van der Waals surface area contributed by atoms with Crippen molar-refractivity contribution in [3.05, 3.63) is 82.8 Å². The first-order valence-electron chi connectivity index (χ1n) is 20.3. The summed E-state index contributed by atoms with van der Waals surface area (Å²) in [6.45, 7) is 8.66. The molecule has 4 atom stereocenters. The van der Waals surface area contributed by atoms with Gasteiger partial charge in [0.25, 0.3) is 0 Å². The van der Waals surface area contributed by atoms with E-state index in [2.05, 4.69) is 19.9 Å². The fourth-order valence-electron chi connectivity index (χ4n) is 8.85. The van der Waals surface area contributed by atoms with Gasteiger partial charge in [0.15, 0.2) is 5.82 Å². The first-order valence-corrected chi connectivity index (χ1v) is 22.2. The lowest BCUT2D eigenvalue weighted by Gasteiger charge is -2.48. The summed E-state index contributed by atoms with van der Waals surface area (Å²) in [5, 5.41) is -0.849. The van der Waals surface area contributed by atoms with E-state index in [1.54, 1.807) is 66.7 Å². The van der Waals surface area contributed by atoms with Crippen LogP contribution in [0.4, 0.5) is 34.0 Å². The molecule has 0 saturated carbocycles. The standard InChI is InChI=1S/C44H47F4N7O7S/c1-23-34(44(46,47)48)30(19-32(49-23)53(20-25-9-14-28(59-6)15-10-25)21-26-11-16-29(60-7)17-12-26)36-35(45)37-33-39(52-41(51-37)63(8,57)58)54-22-27-13-18-31(38(54)24(2)61-40(33)50-36)55(27)42(56)62-43(3,4)5/h9-12,14-17,19,24,27,31,38H,13,18,20-22H2,1-8H3/t24-,27+,31-,38+/m0/s1. The molecule has 3 aliphatic heterocycles. The molecule has 0 spiro atoms. The number of hydrogen-bond acceptors (Lipinski definition) is 13. The molecule has 334 valence electrons. The van der Waals surface area contributed by atoms with Crippen molar-refractivity contribution in [1.82, 2.24) is 24.8 Å². The molecule has 8 rings (SSSR count). The molecule has 0 N–H and O–H groups in total. The summed E-state index contributed by atoms with van der Waals surface area (Å²) in [6.07, 6.45) is -4.42. The molecule has 2 bridgehead atoms. The molecular formula is C44H47F4N7O7S. The first-order chi connectivity index (χ1) is 29.6. The predicted octanol–water partition coefficient (Wildman–Crippen LogP) is 7.92. The number of fused-ring (bicyclic) bond motifs is 5. The van der Waals surface area contributed by atoms with Crippen molar-refractivity contribution in [2.24, 2.45) is 0 Å². The van der Waals surface area contributed by atoms with Crippen molar-refractivity contribution >= 4 is 38.5 Å². The monoisotopic (exact) mass is 893 g/mol. The molecular weight excluding hydrogens is 847 g/mol. The molecule has 2 fully saturated rings. The predicted molar refractivity (Wildman–Crippen MR) is 225 cm³/mol. The Kier molecular flexibility index (Phi) is 11.1. The summed E-state index contributed by atoms with van der Waals surface area (Å²) in [6, 6.07) is 13.9. The topological polar surface area (TPSA) is 149 Å². The lowest BCUT2D eigenvalue weighted by atomic mass is 9.98. The Balaban J connectivity index is 1.31. The molecule has 1 amide bonds. The molecule has 14 nitrogen and oxygen atoms in total. The van der Waals surface area contributed by atoms with Gasteiger partial charge in [-0.3, -0.25) is 4.90 Å². The lowest BCUT2D eigenvalue weighted by Crippen LogP contribution is -2.65. The van der Waals surface area contributed by atoms with Crippen LogP contribution in [0.15, 0.2) is 59.8 Å². The van der Waals surface area contributed by atoms with Crippen molar-refractivity contribution < 1.29 is 49.7 Å². The van der Waals surface area contributed by atoms with Crippen LogP contribution in [0.1, 0.15) is 62.9 Å². The zero-order valence-corrected chi connectivity index (χ0v) is 36.8. The Morgan fingerprint density at radius 1 is 0.921 bits per heavy atom. The Morgan fingerprint density at radius 3 is 2.06 bits per heavy atom. The van der Waals surface area contributed by atoms with Crippen molar-refractivity contribution in [1.29, 1.82) is 0 Å². The van der Waals surface area contributed by atoms with Crippen LogP contribution < -0.4 is 24.0 Å². The highest BCUT2D eigenvalue weighted by molar-refractivity contribution is 7.90. The number of amides is 1. The SMILES string of the molecule is COc1ccc(CN(Cc2ccc(OC)cc2)c2cc(-c3nc4c5c(nc(S(C)(=O)=O)nc5c3F)N3C[C@H]5CC[C@@H]([C@H]3[C@H](C)O4)N5C(=O)OC(C)(C)C)c(C(F)(F)F)c(C)n2)cc1. The molecule has 19 heteroatoms. The third kappa shape index (κ3) is 8.34. The van der Waals surface area contributed by atoms with E-state index in [-0.39, 0.29) is 48.6 Å². The van der Waals surface area contributed by atoms with Crippen LogP contribution in [-0.4, -0.2) is 96.2 Å². The second kappa shape index (κ2) is 16.0. The van der Waals surface area contributed by atoms with Crippen molar-refractivity contribution in [2.45, 2.75) is 102 Å². The van der Waals surface area contributed by atoms with Crippen LogP contribution in [0.2, 0.25) is 0 Å². The number of carbonyl (C=O) groups is 1. The Hall–Kier alpha value is -5.98. The number of pyridine rings is 2. The van der Waals surface area contributed by atoms with Gasteiger partial charge >= 0.3 is 12.3 Å². The van der Waals surface area contributed by atoms with E-state index in [0.717, 1.165) is 23.4 Å². The summed E-state index contributed by atoms with van der Waals surface area (Å²) in [5.41, 5.74) is -2.98. The molecule has 3 aliphatic rings. The Labute approximate surface area is 362 Å². The average molecular weight is 894 g/mol.